The van der Waals surface area contributed by atoms with Gasteiger partial charge in [0.15, 0.2) is 0 Å². The molecule has 5 heteroatoms. The Balaban J connectivity index is 2.02. The predicted octanol–water partition coefficient (Wildman–Crippen LogP) is 3.45. The molecule has 20 heavy (non-hydrogen) atoms. The molecule has 0 aromatic heterocycles. The third kappa shape index (κ3) is 3.42. The number of aromatic hydroxyl groups is 1. The molecule has 1 aromatic carbocycles. The van der Waals surface area contributed by atoms with Gasteiger partial charge in [0, 0.05) is 17.8 Å². The van der Waals surface area contributed by atoms with E-state index < -0.39 is 11.7 Å². The number of carbonyl (C=O) groups is 1. The Morgan fingerprint density at radius 2 is 2.05 bits per heavy atom. The number of phenolic OH excluding ortho intramolecular Hbond substituents is 1. The summed E-state index contributed by atoms with van der Waals surface area (Å²) in [5, 5.41) is 12.4. The minimum absolute atomic E-state index is 0.0365. The van der Waals surface area contributed by atoms with Gasteiger partial charge in [0.25, 0.3) is 5.91 Å². The highest BCUT2D eigenvalue weighted by atomic mass is 35.5. The predicted molar refractivity (Wildman–Crippen MR) is 76.6 cm³/mol. The van der Waals surface area contributed by atoms with E-state index in [1.54, 1.807) is 0 Å². The number of benzene rings is 1. The standard InChI is InChI=1S/C15H19ClFNO2/c16-9-15(6-2-1-3-7-15)10-18-14(20)12-8-11(17)4-5-13(12)19/h4-5,8,19H,1-3,6-7,9-10H2,(H,18,20). The van der Waals surface area contributed by atoms with Crippen molar-refractivity contribution in [2.75, 3.05) is 12.4 Å². The van der Waals surface area contributed by atoms with E-state index in [4.69, 9.17) is 11.6 Å². The summed E-state index contributed by atoms with van der Waals surface area (Å²) in [4.78, 5) is 12.0. The molecule has 0 heterocycles. The minimum atomic E-state index is -0.544. The lowest BCUT2D eigenvalue weighted by Gasteiger charge is -2.35. The largest absolute Gasteiger partial charge is 0.507 e. The Kier molecular flexibility index (Phi) is 4.86. The number of halogens is 2. The lowest BCUT2D eigenvalue weighted by atomic mass is 9.75. The Labute approximate surface area is 123 Å². The van der Waals surface area contributed by atoms with Gasteiger partial charge >= 0.3 is 0 Å². The van der Waals surface area contributed by atoms with Crippen molar-refractivity contribution in [3.8, 4) is 5.75 Å². The Morgan fingerprint density at radius 1 is 1.35 bits per heavy atom. The highest BCUT2D eigenvalue weighted by molar-refractivity contribution is 6.18. The molecule has 0 bridgehead atoms. The molecule has 0 atom stereocenters. The number of alkyl halides is 1. The minimum Gasteiger partial charge on any atom is -0.507 e. The van der Waals surface area contributed by atoms with Crippen LogP contribution in [0.5, 0.6) is 5.75 Å². The molecule has 110 valence electrons. The fourth-order valence-corrected chi connectivity index (χ4v) is 3.07. The Hall–Kier alpha value is -1.29. The summed E-state index contributed by atoms with van der Waals surface area (Å²) in [6.07, 6.45) is 5.43. The molecule has 0 aliphatic heterocycles. The molecular weight excluding hydrogens is 281 g/mol. The molecule has 0 radical (unpaired) electrons. The number of rotatable bonds is 4. The molecule has 0 saturated heterocycles. The first-order chi connectivity index (χ1) is 9.56. The third-order valence-corrected chi connectivity index (χ3v) is 4.59. The van der Waals surface area contributed by atoms with E-state index in [-0.39, 0.29) is 16.7 Å². The van der Waals surface area contributed by atoms with Crippen molar-refractivity contribution >= 4 is 17.5 Å². The molecular formula is C15H19ClFNO2. The molecule has 3 nitrogen and oxygen atoms in total. The monoisotopic (exact) mass is 299 g/mol. The molecule has 1 saturated carbocycles. The van der Waals surface area contributed by atoms with Gasteiger partial charge in [-0.3, -0.25) is 4.79 Å². The zero-order chi connectivity index (χ0) is 14.6. The van der Waals surface area contributed by atoms with Gasteiger partial charge in [-0.25, -0.2) is 4.39 Å². The molecule has 1 fully saturated rings. The van der Waals surface area contributed by atoms with Crippen LogP contribution in [0.25, 0.3) is 0 Å². The van der Waals surface area contributed by atoms with Crippen molar-refractivity contribution in [2.45, 2.75) is 32.1 Å². The van der Waals surface area contributed by atoms with Gasteiger partial charge in [-0.05, 0) is 31.0 Å². The first-order valence-corrected chi connectivity index (χ1v) is 7.42. The van der Waals surface area contributed by atoms with Crippen LogP contribution in [0.4, 0.5) is 4.39 Å². The van der Waals surface area contributed by atoms with Crippen LogP contribution in [0.3, 0.4) is 0 Å². The normalized spacial score (nSPS) is 17.7. The van der Waals surface area contributed by atoms with Crippen LogP contribution in [-0.4, -0.2) is 23.4 Å². The van der Waals surface area contributed by atoms with Crippen molar-refractivity contribution in [3.63, 3.8) is 0 Å². The van der Waals surface area contributed by atoms with Crippen LogP contribution < -0.4 is 5.32 Å². The van der Waals surface area contributed by atoms with Gasteiger partial charge in [-0.15, -0.1) is 11.6 Å². The molecule has 2 N–H and O–H groups in total. The van der Waals surface area contributed by atoms with E-state index in [1.807, 2.05) is 0 Å². The first-order valence-electron chi connectivity index (χ1n) is 6.89. The second-order valence-corrected chi connectivity index (χ2v) is 5.81. The molecule has 1 aliphatic carbocycles. The second kappa shape index (κ2) is 6.44. The fraction of sp³-hybridized carbons (Fsp3) is 0.533. The van der Waals surface area contributed by atoms with Gasteiger partial charge in [-0.2, -0.15) is 0 Å². The summed E-state index contributed by atoms with van der Waals surface area (Å²) in [6.45, 7) is 0.464. The molecule has 0 spiro atoms. The number of hydrogen-bond acceptors (Lipinski definition) is 2. The van der Waals surface area contributed by atoms with Crippen LogP contribution in [0.15, 0.2) is 18.2 Å². The van der Waals surface area contributed by atoms with Crippen molar-refractivity contribution in [1.82, 2.24) is 5.32 Å². The summed E-state index contributed by atoms with van der Waals surface area (Å²) in [5.74, 6) is -0.718. The smallest absolute Gasteiger partial charge is 0.255 e. The zero-order valence-corrected chi connectivity index (χ0v) is 12.0. The third-order valence-electron chi connectivity index (χ3n) is 4.02. The van der Waals surface area contributed by atoms with E-state index in [2.05, 4.69) is 5.32 Å². The molecule has 1 amide bonds. The SMILES string of the molecule is O=C(NCC1(CCl)CCCCC1)c1cc(F)ccc1O. The maximum atomic E-state index is 13.1. The molecule has 2 rings (SSSR count). The van der Waals surface area contributed by atoms with E-state index in [1.165, 1.54) is 12.5 Å². The summed E-state index contributed by atoms with van der Waals surface area (Å²) in [5.41, 5.74) is -0.108. The summed E-state index contributed by atoms with van der Waals surface area (Å²) in [6, 6.07) is 3.34. The number of nitrogens with one attached hydrogen (secondary N) is 1. The van der Waals surface area contributed by atoms with Crippen LogP contribution in [0.1, 0.15) is 42.5 Å². The number of carbonyl (C=O) groups excluding carboxylic acids is 1. The average Bonchev–Trinajstić information content (AvgIpc) is 2.48. The van der Waals surface area contributed by atoms with Crippen LogP contribution >= 0.6 is 11.6 Å². The van der Waals surface area contributed by atoms with Crippen LogP contribution in [-0.2, 0) is 0 Å². The lowest BCUT2D eigenvalue weighted by Crippen LogP contribution is -2.40. The van der Waals surface area contributed by atoms with E-state index >= 15 is 0 Å². The summed E-state index contributed by atoms with van der Waals surface area (Å²) in [7, 11) is 0. The van der Waals surface area contributed by atoms with Crippen LogP contribution in [0, 0.1) is 11.2 Å². The maximum absolute atomic E-state index is 13.1. The highest BCUT2D eigenvalue weighted by Gasteiger charge is 2.31. The molecule has 1 aromatic rings. The van der Waals surface area contributed by atoms with Crippen molar-refractivity contribution in [3.05, 3.63) is 29.6 Å². The highest BCUT2D eigenvalue weighted by Crippen LogP contribution is 2.36. The second-order valence-electron chi connectivity index (χ2n) is 5.54. The summed E-state index contributed by atoms with van der Waals surface area (Å²) >= 11 is 6.06. The number of amides is 1. The van der Waals surface area contributed by atoms with Gasteiger partial charge in [0.2, 0.25) is 0 Å². The average molecular weight is 300 g/mol. The lowest BCUT2D eigenvalue weighted by molar-refractivity contribution is 0.0917. The Bertz CT molecular complexity index is 487. The fourth-order valence-electron chi connectivity index (χ4n) is 2.71. The van der Waals surface area contributed by atoms with Gasteiger partial charge < -0.3 is 10.4 Å². The van der Waals surface area contributed by atoms with Gasteiger partial charge in [-0.1, -0.05) is 19.3 Å². The van der Waals surface area contributed by atoms with Crippen molar-refractivity contribution in [2.24, 2.45) is 5.41 Å². The quantitative estimate of drug-likeness (QED) is 0.837. The van der Waals surface area contributed by atoms with Crippen molar-refractivity contribution in [1.29, 1.82) is 0 Å². The zero-order valence-electron chi connectivity index (χ0n) is 11.3. The Morgan fingerprint density at radius 3 is 2.70 bits per heavy atom. The first kappa shape index (κ1) is 15.1. The summed E-state index contributed by atoms with van der Waals surface area (Å²) < 4.78 is 13.1. The van der Waals surface area contributed by atoms with E-state index in [0.29, 0.717) is 12.4 Å². The topological polar surface area (TPSA) is 49.3 Å². The maximum Gasteiger partial charge on any atom is 0.255 e. The van der Waals surface area contributed by atoms with Gasteiger partial charge in [0.1, 0.15) is 11.6 Å². The van der Waals surface area contributed by atoms with Crippen LogP contribution in [0.2, 0.25) is 0 Å². The number of phenols is 1. The van der Waals surface area contributed by atoms with E-state index in [9.17, 15) is 14.3 Å². The molecule has 0 unspecified atom stereocenters. The van der Waals surface area contributed by atoms with E-state index in [0.717, 1.165) is 37.8 Å². The number of hydrogen-bond donors (Lipinski definition) is 2. The molecule has 1 aliphatic rings. The van der Waals surface area contributed by atoms with Gasteiger partial charge in [0.05, 0.1) is 5.56 Å². The van der Waals surface area contributed by atoms with Crippen molar-refractivity contribution < 1.29 is 14.3 Å².